The monoisotopic (exact) mass is 455 g/mol. The fourth-order valence-corrected chi connectivity index (χ4v) is 5.14. The zero-order valence-corrected chi connectivity index (χ0v) is 18.7. The maximum Gasteiger partial charge on any atom is 0.325 e. The highest BCUT2D eigenvalue weighted by Crippen LogP contribution is 2.50. The zero-order valence-electron chi connectivity index (χ0n) is 18.7. The number of alkyl halides is 1. The summed E-state index contributed by atoms with van der Waals surface area (Å²) in [6.45, 7) is 4.35. The number of halogens is 1. The third kappa shape index (κ3) is 5.09. The van der Waals surface area contributed by atoms with Crippen LogP contribution in [0.25, 0.3) is 0 Å². The summed E-state index contributed by atoms with van der Waals surface area (Å²) in [6.07, 6.45) is 4.96. The Bertz CT molecular complexity index is 931. The van der Waals surface area contributed by atoms with E-state index in [-0.39, 0.29) is 18.7 Å². The zero-order chi connectivity index (χ0) is 22.7. The minimum atomic E-state index is -0.558. The number of carbonyl (C=O) groups excluding carboxylic acids is 1. The average Bonchev–Trinajstić information content (AvgIpc) is 2.81. The first kappa shape index (κ1) is 22.0. The van der Waals surface area contributed by atoms with Gasteiger partial charge in [-0.25, -0.2) is 14.4 Å². The molecule has 3 aliphatic rings. The Labute approximate surface area is 193 Å². The van der Waals surface area contributed by atoms with Crippen LogP contribution in [-0.4, -0.2) is 79.0 Å². The van der Waals surface area contributed by atoms with Crippen LogP contribution in [-0.2, 0) is 16.1 Å². The summed E-state index contributed by atoms with van der Waals surface area (Å²) in [5.74, 6) is 0.750. The number of carbonyl (C=O) groups is 1. The Balaban J connectivity index is 1.05. The lowest BCUT2D eigenvalue weighted by Gasteiger charge is -2.58. The van der Waals surface area contributed by atoms with Crippen LogP contribution in [0.1, 0.15) is 18.4 Å². The molecule has 5 rings (SSSR count). The number of hydrogen-bond donors (Lipinski definition) is 1. The molecule has 1 N–H and O–H groups in total. The number of esters is 1. The van der Waals surface area contributed by atoms with E-state index >= 15 is 0 Å². The van der Waals surface area contributed by atoms with Gasteiger partial charge in [-0.3, -0.25) is 9.69 Å². The van der Waals surface area contributed by atoms with Crippen LogP contribution in [0.2, 0.25) is 0 Å². The van der Waals surface area contributed by atoms with E-state index in [0.29, 0.717) is 36.7 Å². The molecule has 0 amide bonds. The minimum absolute atomic E-state index is 0.0109. The number of rotatable bonds is 8. The van der Waals surface area contributed by atoms with E-state index in [0.717, 1.165) is 32.5 Å². The summed E-state index contributed by atoms with van der Waals surface area (Å²) in [7, 11) is 0. The standard InChI is InChI=1S/C24H30FN5O3/c25-6-9-32-20-12-27-23(28-13-20)30-8-7-26-21(15-30)22(31)33-19-10-24(11-19)16-29(17-24)14-18-4-2-1-3-5-18/h1-5,12-13,19,21,26H,6-11,14-17H2. The number of nitrogens with zero attached hydrogens (tertiary/aromatic N) is 4. The first-order valence-corrected chi connectivity index (χ1v) is 11.6. The van der Waals surface area contributed by atoms with Crippen LogP contribution in [0.15, 0.2) is 42.7 Å². The topological polar surface area (TPSA) is 79.8 Å². The first-order valence-electron chi connectivity index (χ1n) is 11.6. The highest BCUT2D eigenvalue weighted by atomic mass is 19.1. The summed E-state index contributed by atoms with van der Waals surface area (Å²) in [4.78, 5) is 25.8. The largest absolute Gasteiger partial charge is 0.488 e. The molecule has 33 heavy (non-hydrogen) atoms. The van der Waals surface area contributed by atoms with Crippen molar-refractivity contribution in [1.29, 1.82) is 0 Å². The van der Waals surface area contributed by atoms with Gasteiger partial charge in [0.05, 0.1) is 12.4 Å². The van der Waals surface area contributed by atoms with Crippen molar-refractivity contribution in [2.24, 2.45) is 5.41 Å². The molecule has 2 aromatic rings. The van der Waals surface area contributed by atoms with E-state index < -0.39 is 12.7 Å². The van der Waals surface area contributed by atoms with Gasteiger partial charge in [-0.1, -0.05) is 30.3 Å². The van der Waals surface area contributed by atoms with Crippen molar-refractivity contribution in [3.63, 3.8) is 0 Å². The maximum atomic E-state index is 12.8. The van der Waals surface area contributed by atoms with Crippen molar-refractivity contribution in [3.8, 4) is 5.75 Å². The van der Waals surface area contributed by atoms with Crippen molar-refractivity contribution in [2.45, 2.75) is 31.5 Å². The molecule has 1 saturated carbocycles. The SMILES string of the molecule is O=C(OC1CC2(C1)CN(Cc1ccccc1)C2)C1CN(c2ncc(OCCF)cn2)CCN1. The van der Waals surface area contributed by atoms with Crippen molar-refractivity contribution < 1.29 is 18.7 Å². The molecule has 3 heterocycles. The van der Waals surface area contributed by atoms with Gasteiger partial charge in [0.15, 0.2) is 5.75 Å². The molecule has 9 heteroatoms. The van der Waals surface area contributed by atoms with Crippen molar-refractivity contribution in [1.82, 2.24) is 20.2 Å². The van der Waals surface area contributed by atoms with Gasteiger partial charge in [-0.2, -0.15) is 0 Å². The van der Waals surface area contributed by atoms with Crippen molar-refractivity contribution >= 4 is 11.9 Å². The highest BCUT2D eigenvalue weighted by Gasteiger charge is 2.53. The van der Waals surface area contributed by atoms with Crippen LogP contribution >= 0.6 is 0 Å². The van der Waals surface area contributed by atoms with Gasteiger partial charge in [0.1, 0.15) is 25.4 Å². The van der Waals surface area contributed by atoms with E-state index in [2.05, 4.69) is 44.5 Å². The predicted molar refractivity (Wildman–Crippen MR) is 121 cm³/mol. The molecule has 0 bridgehead atoms. The minimum Gasteiger partial charge on any atom is -0.488 e. The van der Waals surface area contributed by atoms with Crippen LogP contribution < -0.4 is 15.0 Å². The number of anilines is 1. The molecular weight excluding hydrogens is 425 g/mol. The number of ether oxygens (including phenoxy) is 2. The lowest BCUT2D eigenvalue weighted by atomic mass is 9.61. The molecule has 8 nitrogen and oxygen atoms in total. The van der Waals surface area contributed by atoms with Gasteiger partial charge in [-0.05, 0) is 18.4 Å². The molecule has 1 aliphatic carbocycles. The molecule has 2 aliphatic heterocycles. The third-order valence-corrected chi connectivity index (χ3v) is 6.67. The Morgan fingerprint density at radius 1 is 1.18 bits per heavy atom. The van der Waals surface area contributed by atoms with E-state index in [9.17, 15) is 9.18 Å². The highest BCUT2D eigenvalue weighted by molar-refractivity contribution is 5.77. The van der Waals surface area contributed by atoms with Crippen molar-refractivity contribution in [2.75, 3.05) is 50.9 Å². The average molecular weight is 456 g/mol. The lowest BCUT2D eigenvalue weighted by Crippen LogP contribution is -2.64. The number of benzene rings is 1. The second kappa shape index (κ2) is 9.61. The maximum absolute atomic E-state index is 12.8. The molecule has 1 atom stereocenters. The smallest absolute Gasteiger partial charge is 0.325 e. The number of piperazine rings is 1. The second-order valence-corrected chi connectivity index (χ2v) is 9.31. The van der Waals surface area contributed by atoms with E-state index in [1.54, 1.807) is 0 Å². The molecular formula is C24H30FN5O3. The molecule has 1 aromatic heterocycles. The summed E-state index contributed by atoms with van der Waals surface area (Å²) >= 11 is 0. The first-order chi connectivity index (χ1) is 16.1. The summed E-state index contributed by atoms with van der Waals surface area (Å²) in [5, 5.41) is 3.25. The molecule has 176 valence electrons. The Morgan fingerprint density at radius 3 is 2.67 bits per heavy atom. The normalized spacial score (nSPS) is 22.5. The van der Waals surface area contributed by atoms with E-state index in [1.807, 2.05) is 11.0 Å². The Kier molecular flexibility index (Phi) is 6.41. The third-order valence-electron chi connectivity index (χ3n) is 6.67. The fourth-order valence-electron chi connectivity index (χ4n) is 5.14. The van der Waals surface area contributed by atoms with Crippen molar-refractivity contribution in [3.05, 3.63) is 48.3 Å². The van der Waals surface area contributed by atoms with Crippen LogP contribution in [0, 0.1) is 5.41 Å². The van der Waals surface area contributed by atoms with Gasteiger partial charge in [0.25, 0.3) is 0 Å². The molecule has 1 unspecified atom stereocenters. The molecule has 2 saturated heterocycles. The summed E-state index contributed by atoms with van der Waals surface area (Å²) < 4.78 is 23.2. The van der Waals surface area contributed by atoms with E-state index in [4.69, 9.17) is 9.47 Å². The quantitative estimate of drug-likeness (QED) is 0.604. The van der Waals surface area contributed by atoms with Gasteiger partial charge in [0, 0.05) is 44.7 Å². The number of likely N-dealkylation sites (tertiary alicyclic amines) is 1. The molecule has 3 fully saturated rings. The van der Waals surface area contributed by atoms with Gasteiger partial charge >= 0.3 is 5.97 Å². The number of nitrogens with one attached hydrogen (secondary N) is 1. The summed E-state index contributed by atoms with van der Waals surface area (Å²) in [5.41, 5.74) is 1.67. The van der Waals surface area contributed by atoms with Crippen LogP contribution in [0.5, 0.6) is 5.75 Å². The lowest BCUT2D eigenvalue weighted by molar-refractivity contribution is -0.179. The molecule has 1 aromatic carbocycles. The fraction of sp³-hybridized carbons (Fsp3) is 0.542. The molecule has 1 spiro atoms. The van der Waals surface area contributed by atoms with Gasteiger partial charge in [-0.15, -0.1) is 0 Å². The van der Waals surface area contributed by atoms with E-state index in [1.165, 1.54) is 18.0 Å². The number of hydrogen-bond acceptors (Lipinski definition) is 8. The Morgan fingerprint density at radius 2 is 1.94 bits per heavy atom. The molecule has 0 radical (unpaired) electrons. The second-order valence-electron chi connectivity index (χ2n) is 9.31. The number of aromatic nitrogens is 2. The van der Waals surface area contributed by atoms with Crippen LogP contribution in [0.3, 0.4) is 0 Å². The van der Waals surface area contributed by atoms with Crippen LogP contribution in [0.4, 0.5) is 10.3 Å². The Hall–Kier alpha value is -2.78. The summed E-state index contributed by atoms with van der Waals surface area (Å²) in [6, 6.07) is 10.1. The van der Waals surface area contributed by atoms with Gasteiger partial charge in [0.2, 0.25) is 5.95 Å². The predicted octanol–water partition coefficient (Wildman–Crippen LogP) is 1.81. The van der Waals surface area contributed by atoms with Gasteiger partial charge < -0.3 is 19.7 Å².